The molecule has 21 heavy (non-hydrogen) atoms. The number of halogens is 1. The largest absolute Gasteiger partial charge is 0.461 e. The fraction of sp³-hybridized carbons (Fsp3) is 0.556. The zero-order valence-electron chi connectivity index (χ0n) is 13.1. The van der Waals surface area contributed by atoms with Gasteiger partial charge in [-0.05, 0) is 55.5 Å². The molecule has 0 spiro atoms. The molecule has 114 valence electrons. The summed E-state index contributed by atoms with van der Waals surface area (Å²) in [5.74, 6) is 1.69. The van der Waals surface area contributed by atoms with Gasteiger partial charge in [-0.3, -0.25) is 0 Å². The van der Waals surface area contributed by atoms with Crippen LogP contribution in [0.25, 0.3) is 11.0 Å². The Morgan fingerprint density at radius 1 is 1.33 bits per heavy atom. The van der Waals surface area contributed by atoms with Crippen LogP contribution in [0.15, 0.2) is 33.2 Å². The van der Waals surface area contributed by atoms with E-state index in [-0.39, 0.29) is 0 Å². The second-order valence-corrected chi connectivity index (χ2v) is 7.40. The number of fused-ring (bicyclic) bond motifs is 1. The highest BCUT2D eigenvalue weighted by molar-refractivity contribution is 9.10. The van der Waals surface area contributed by atoms with E-state index in [0.717, 1.165) is 22.4 Å². The van der Waals surface area contributed by atoms with Crippen LogP contribution >= 0.6 is 15.9 Å². The van der Waals surface area contributed by atoms with Gasteiger partial charge in [0.2, 0.25) is 0 Å². The van der Waals surface area contributed by atoms with Crippen molar-refractivity contribution in [1.82, 2.24) is 5.32 Å². The number of nitrogens with one attached hydrogen (secondary N) is 1. The molecule has 1 aromatic carbocycles. The van der Waals surface area contributed by atoms with E-state index in [1.807, 2.05) is 6.07 Å². The van der Waals surface area contributed by atoms with Crippen molar-refractivity contribution < 1.29 is 4.42 Å². The molecule has 0 saturated heterocycles. The number of benzene rings is 1. The molecule has 1 saturated carbocycles. The molecule has 1 heterocycles. The van der Waals surface area contributed by atoms with E-state index in [4.69, 9.17) is 4.42 Å². The van der Waals surface area contributed by atoms with E-state index in [0.29, 0.717) is 17.4 Å². The molecule has 1 aliphatic carbocycles. The second kappa shape index (κ2) is 5.77. The SMILES string of the molecule is CCCNC1CC(c2cc3cc(Br)ccc3o2)C1(C)CC. The number of furan rings is 1. The van der Waals surface area contributed by atoms with Crippen LogP contribution in [-0.4, -0.2) is 12.6 Å². The van der Waals surface area contributed by atoms with E-state index >= 15 is 0 Å². The average molecular weight is 350 g/mol. The maximum Gasteiger partial charge on any atom is 0.134 e. The Kier molecular flexibility index (Phi) is 4.15. The number of rotatable bonds is 5. The maximum atomic E-state index is 6.13. The molecule has 3 heteroatoms. The first-order valence-corrected chi connectivity index (χ1v) is 8.80. The summed E-state index contributed by atoms with van der Waals surface area (Å²) < 4.78 is 7.24. The van der Waals surface area contributed by atoms with Gasteiger partial charge in [-0.15, -0.1) is 0 Å². The lowest BCUT2D eigenvalue weighted by Gasteiger charge is -2.53. The quantitative estimate of drug-likeness (QED) is 0.774. The van der Waals surface area contributed by atoms with Crippen molar-refractivity contribution in [3.63, 3.8) is 0 Å². The Bertz CT molecular complexity index is 635. The van der Waals surface area contributed by atoms with Gasteiger partial charge >= 0.3 is 0 Å². The van der Waals surface area contributed by atoms with Gasteiger partial charge in [-0.25, -0.2) is 0 Å². The third-order valence-electron chi connectivity index (χ3n) is 5.31. The molecule has 2 nitrogen and oxygen atoms in total. The molecule has 1 aromatic heterocycles. The molecular formula is C18H24BrNO. The zero-order valence-corrected chi connectivity index (χ0v) is 14.7. The fourth-order valence-corrected chi connectivity index (χ4v) is 4.01. The maximum absolute atomic E-state index is 6.13. The summed E-state index contributed by atoms with van der Waals surface area (Å²) in [7, 11) is 0. The minimum atomic E-state index is 0.306. The molecule has 3 rings (SSSR count). The van der Waals surface area contributed by atoms with Gasteiger partial charge < -0.3 is 9.73 Å². The minimum Gasteiger partial charge on any atom is -0.461 e. The van der Waals surface area contributed by atoms with Crippen molar-refractivity contribution in [2.24, 2.45) is 5.41 Å². The summed E-state index contributed by atoms with van der Waals surface area (Å²) in [5.41, 5.74) is 1.30. The average Bonchev–Trinajstić information content (AvgIpc) is 2.87. The Labute approximate surface area is 135 Å². The summed E-state index contributed by atoms with van der Waals surface area (Å²) in [6.07, 6.45) is 3.56. The molecule has 3 atom stereocenters. The Hall–Kier alpha value is -0.800. The highest BCUT2D eigenvalue weighted by Crippen LogP contribution is 2.55. The first-order chi connectivity index (χ1) is 10.1. The van der Waals surface area contributed by atoms with Gasteiger partial charge in [-0.1, -0.05) is 36.7 Å². The van der Waals surface area contributed by atoms with E-state index in [9.17, 15) is 0 Å². The molecule has 0 aliphatic heterocycles. The molecule has 1 N–H and O–H groups in total. The summed E-state index contributed by atoms with van der Waals surface area (Å²) in [6, 6.07) is 9.08. The Morgan fingerprint density at radius 3 is 2.86 bits per heavy atom. The molecule has 1 aliphatic rings. The van der Waals surface area contributed by atoms with Crippen LogP contribution < -0.4 is 5.32 Å². The van der Waals surface area contributed by atoms with Crippen molar-refractivity contribution in [3.05, 3.63) is 34.5 Å². The van der Waals surface area contributed by atoms with Gasteiger partial charge in [-0.2, -0.15) is 0 Å². The first kappa shape index (κ1) is 15.1. The molecule has 0 radical (unpaired) electrons. The predicted molar refractivity (Wildman–Crippen MR) is 91.8 cm³/mol. The van der Waals surface area contributed by atoms with Crippen LogP contribution in [0.5, 0.6) is 0 Å². The molecule has 1 fully saturated rings. The molecule has 0 bridgehead atoms. The predicted octanol–water partition coefficient (Wildman–Crippen LogP) is 5.47. The van der Waals surface area contributed by atoms with Crippen molar-refractivity contribution >= 4 is 26.9 Å². The second-order valence-electron chi connectivity index (χ2n) is 6.49. The Morgan fingerprint density at radius 2 is 2.14 bits per heavy atom. The molecule has 3 unspecified atom stereocenters. The van der Waals surface area contributed by atoms with Crippen LogP contribution in [-0.2, 0) is 0 Å². The Balaban J connectivity index is 1.85. The normalized spacial score (nSPS) is 28.8. The minimum absolute atomic E-state index is 0.306. The van der Waals surface area contributed by atoms with Gasteiger partial charge in [0.05, 0.1) is 0 Å². The van der Waals surface area contributed by atoms with E-state index in [1.54, 1.807) is 0 Å². The molecule has 2 aromatic rings. The van der Waals surface area contributed by atoms with Crippen LogP contribution in [0.1, 0.15) is 51.7 Å². The smallest absolute Gasteiger partial charge is 0.134 e. The monoisotopic (exact) mass is 349 g/mol. The van der Waals surface area contributed by atoms with Crippen molar-refractivity contribution in [3.8, 4) is 0 Å². The summed E-state index contributed by atoms with van der Waals surface area (Å²) in [5, 5.41) is 4.90. The third kappa shape index (κ3) is 2.55. The molecule has 0 amide bonds. The van der Waals surface area contributed by atoms with Gasteiger partial charge in [0.25, 0.3) is 0 Å². The van der Waals surface area contributed by atoms with Crippen LogP contribution in [0.4, 0.5) is 0 Å². The zero-order chi connectivity index (χ0) is 15.0. The van der Waals surface area contributed by atoms with Gasteiger partial charge in [0, 0.05) is 21.8 Å². The summed E-state index contributed by atoms with van der Waals surface area (Å²) in [6.45, 7) is 8.03. The molecular weight excluding hydrogens is 326 g/mol. The standard InChI is InChI=1S/C18H24BrNO/c1-4-8-20-17-11-14(18(17,3)5-2)16-10-12-9-13(19)6-7-15(12)21-16/h6-7,9-10,14,17,20H,4-5,8,11H2,1-3H3. The van der Waals surface area contributed by atoms with Crippen LogP contribution in [0.3, 0.4) is 0 Å². The van der Waals surface area contributed by atoms with Crippen molar-refractivity contribution in [2.75, 3.05) is 6.54 Å². The lowest BCUT2D eigenvalue weighted by Crippen LogP contribution is -2.56. The van der Waals surface area contributed by atoms with Gasteiger partial charge in [0.15, 0.2) is 0 Å². The highest BCUT2D eigenvalue weighted by atomic mass is 79.9. The van der Waals surface area contributed by atoms with Crippen molar-refractivity contribution in [2.45, 2.75) is 52.0 Å². The van der Waals surface area contributed by atoms with Crippen LogP contribution in [0, 0.1) is 5.41 Å². The van der Waals surface area contributed by atoms with E-state index < -0.39 is 0 Å². The highest BCUT2D eigenvalue weighted by Gasteiger charge is 2.51. The van der Waals surface area contributed by atoms with Crippen molar-refractivity contribution in [1.29, 1.82) is 0 Å². The van der Waals surface area contributed by atoms with Crippen LogP contribution in [0.2, 0.25) is 0 Å². The van der Waals surface area contributed by atoms with E-state index in [2.05, 4.69) is 60.2 Å². The lowest BCUT2D eigenvalue weighted by molar-refractivity contribution is 0.0332. The third-order valence-corrected chi connectivity index (χ3v) is 5.80. The number of hydrogen-bond acceptors (Lipinski definition) is 2. The topological polar surface area (TPSA) is 25.2 Å². The summed E-state index contributed by atoms with van der Waals surface area (Å²) in [4.78, 5) is 0. The fourth-order valence-electron chi connectivity index (χ4n) is 3.63. The summed E-state index contributed by atoms with van der Waals surface area (Å²) >= 11 is 3.53. The number of hydrogen-bond donors (Lipinski definition) is 1. The van der Waals surface area contributed by atoms with E-state index in [1.165, 1.54) is 24.6 Å². The van der Waals surface area contributed by atoms with Gasteiger partial charge in [0.1, 0.15) is 11.3 Å². The lowest BCUT2D eigenvalue weighted by atomic mass is 9.55. The first-order valence-electron chi connectivity index (χ1n) is 8.01.